The number of hydrogen-bond acceptors (Lipinski definition) is 2. The van der Waals surface area contributed by atoms with Crippen molar-refractivity contribution in [1.82, 2.24) is 4.40 Å². The second-order valence-electron chi connectivity index (χ2n) is 6.93. The predicted octanol–water partition coefficient (Wildman–Crippen LogP) is 6.27. The van der Waals surface area contributed by atoms with Gasteiger partial charge in [0.15, 0.2) is 6.29 Å². The first-order valence-corrected chi connectivity index (χ1v) is 9.49. The van der Waals surface area contributed by atoms with Crippen molar-refractivity contribution in [2.75, 3.05) is 0 Å². The third-order valence-electron chi connectivity index (χ3n) is 4.84. The first-order valence-electron chi connectivity index (χ1n) is 9.11. The van der Waals surface area contributed by atoms with Crippen LogP contribution in [0, 0.1) is 13.8 Å². The minimum Gasteiger partial charge on any atom is -0.488 e. The molecule has 0 unspecified atom stereocenters. The zero-order valence-corrected chi connectivity index (χ0v) is 16.5. The molecule has 4 heteroatoms. The summed E-state index contributed by atoms with van der Waals surface area (Å²) in [6.07, 6.45) is 2.80. The number of ether oxygens (including phenoxy) is 1. The van der Waals surface area contributed by atoms with Crippen LogP contribution in [0.5, 0.6) is 5.75 Å². The van der Waals surface area contributed by atoms with Gasteiger partial charge in [-0.1, -0.05) is 41.9 Å². The minimum atomic E-state index is 0.444. The van der Waals surface area contributed by atoms with Crippen LogP contribution in [-0.4, -0.2) is 10.7 Å². The molecule has 4 rings (SSSR count). The van der Waals surface area contributed by atoms with Gasteiger partial charge in [-0.3, -0.25) is 4.79 Å². The molecule has 0 saturated carbocycles. The van der Waals surface area contributed by atoms with Gasteiger partial charge in [0.25, 0.3) is 0 Å². The largest absolute Gasteiger partial charge is 0.488 e. The summed E-state index contributed by atoms with van der Waals surface area (Å²) < 4.78 is 8.09. The quantitative estimate of drug-likeness (QED) is 0.377. The zero-order chi connectivity index (χ0) is 19.7. The molecule has 0 atom stereocenters. The third-order valence-corrected chi connectivity index (χ3v) is 5.05. The molecule has 2 aromatic heterocycles. The molecule has 0 aliphatic rings. The number of aryl methyl sites for hydroxylation is 2. The Morgan fingerprint density at radius 2 is 1.79 bits per heavy atom. The molecule has 0 radical (unpaired) electrons. The number of rotatable bonds is 5. The maximum absolute atomic E-state index is 11.9. The fraction of sp³-hybridized carbons (Fsp3) is 0.125. The van der Waals surface area contributed by atoms with E-state index < -0.39 is 0 Å². The third kappa shape index (κ3) is 3.41. The zero-order valence-electron chi connectivity index (χ0n) is 15.8. The summed E-state index contributed by atoms with van der Waals surface area (Å²) >= 11 is 6.36. The number of hydrogen-bond donors (Lipinski definition) is 0. The van der Waals surface area contributed by atoms with Gasteiger partial charge < -0.3 is 9.14 Å². The van der Waals surface area contributed by atoms with Gasteiger partial charge in [-0.05, 0) is 60.9 Å². The van der Waals surface area contributed by atoms with Gasteiger partial charge in [0.1, 0.15) is 12.4 Å². The van der Waals surface area contributed by atoms with Crippen LogP contribution in [-0.2, 0) is 6.61 Å². The molecule has 140 valence electrons. The molecule has 2 heterocycles. The lowest BCUT2D eigenvalue weighted by Gasteiger charge is -2.15. The van der Waals surface area contributed by atoms with Crippen molar-refractivity contribution in [2.24, 2.45) is 0 Å². The number of carbonyl (C=O) groups excluding carboxylic acids is 1. The smallest absolute Gasteiger partial charge is 0.167 e. The maximum atomic E-state index is 11.9. The Labute approximate surface area is 169 Å². The fourth-order valence-electron chi connectivity index (χ4n) is 3.50. The highest BCUT2D eigenvalue weighted by molar-refractivity contribution is 6.31. The summed E-state index contributed by atoms with van der Waals surface area (Å²) in [4.78, 5) is 11.9. The van der Waals surface area contributed by atoms with Crippen molar-refractivity contribution >= 4 is 23.4 Å². The molecule has 0 spiro atoms. The summed E-state index contributed by atoms with van der Waals surface area (Å²) in [5.74, 6) is 0.740. The van der Waals surface area contributed by atoms with E-state index in [1.807, 2.05) is 79.0 Å². The Balaban J connectivity index is 1.85. The molecule has 0 bridgehead atoms. The van der Waals surface area contributed by atoms with Gasteiger partial charge >= 0.3 is 0 Å². The standard InChI is InChI=1S/C24H20ClNO2/c1-16-8-9-26-20(10-16)13-21(23(26)14-27)22-12-19(25)11-17(2)24(22)28-15-18-6-4-3-5-7-18/h3-14H,15H2,1-2H3. The Morgan fingerprint density at radius 3 is 2.54 bits per heavy atom. The minimum absolute atomic E-state index is 0.444. The first-order chi connectivity index (χ1) is 13.6. The van der Waals surface area contributed by atoms with E-state index in [-0.39, 0.29) is 0 Å². The highest BCUT2D eigenvalue weighted by Crippen LogP contribution is 2.39. The van der Waals surface area contributed by atoms with E-state index in [9.17, 15) is 4.79 Å². The van der Waals surface area contributed by atoms with Gasteiger partial charge in [0, 0.05) is 27.9 Å². The Bertz CT molecular complexity index is 1160. The van der Waals surface area contributed by atoms with E-state index in [4.69, 9.17) is 16.3 Å². The summed E-state index contributed by atoms with van der Waals surface area (Å²) in [6.45, 7) is 4.45. The SMILES string of the molecule is Cc1ccn2c(C=O)c(-c3cc(Cl)cc(C)c3OCc3ccccc3)cc2c1. The average molecular weight is 390 g/mol. The highest BCUT2D eigenvalue weighted by atomic mass is 35.5. The molecule has 4 aromatic rings. The van der Waals surface area contributed by atoms with Crippen molar-refractivity contribution in [3.05, 3.63) is 94.3 Å². The molecule has 0 aliphatic carbocycles. The number of fused-ring (bicyclic) bond motifs is 1. The molecule has 0 amide bonds. The van der Waals surface area contributed by atoms with Gasteiger partial charge in [-0.15, -0.1) is 0 Å². The van der Waals surface area contributed by atoms with Gasteiger partial charge in [-0.25, -0.2) is 0 Å². The molecule has 0 fully saturated rings. The van der Waals surface area contributed by atoms with E-state index in [2.05, 4.69) is 6.07 Å². The van der Waals surface area contributed by atoms with Crippen molar-refractivity contribution in [3.63, 3.8) is 0 Å². The number of benzene rings is 2. The van der Waals surface area contributed by atoms with Gasteiger partial charge in [0.05, 0.1) is 5.69 Å². The molecule has 3 nitrogen and oxygen atoms in total. The lowest BCUT2D eigenvalue weighted by Crippen LogP contribution is -2.00. The monoisotopic (exact) mass is 389 g/mol. The normalized spacial score (nSPS) is 11.0. The average Bonchev–Trinajstić information content (AvgIpc) is 3.05. The number of pyridine rings is 1. The van der Waals surface area contributed by atoms with Gasteiger partial charge in [0.2, 0.25) is 0 Å². The van der Waals surface area contributed by atoms with E-state index in [0.717, 1.165) is 45.4 Å². The van der Waals surface area contributed by atoms with Crippen LogP contribution in [0.3, 0.4) is 0 Å². The molecule has 28 heavy (non-hydrogen) atoms. The van der Waals surface area contributed by atoms with Crippen LogP contribution >= 0.6 is 11.6 Å². The maximum Gasteiger partial charge on any atom is 0.167 e. The van der Waals surface area contributed by atoms with Crippen LogP contribution in [0.25, 0.3) is 16.6 Å². The van der Waals surface area contributed by atoms with Crippen LogP contribution in [0.2, 0.25) is 5.02 Å². The lowest BCUT2D eigenvalue weighted by molar-refractivity contribution is 0.111. The number of aldehydes is 1. The van der Waals surface area contributed by atoms with E-state index in [1.54, 1.807) is 0 Å². The Kier molecular flexibility index (Phi) is 4.93. The molecular formula is C24H20ClNO2. The van der Waals surface area contributed by atoms with Crippen LogP contribution < -0.4 is 4.74 Å². The summed E-state index contributed by atoms with van der Waals surface area (Å²) in [5, 5.41) is 0.614. The molecule has 0 saturated heterocycles. The fourth-order valence-corrected chi connectivity index (χ4v) is 3.77. The van der Waals surface area contributed by atoms with E-state index in [0.29, 0.717) is 17.3 Å². The first kappa shape index (κ1) is 18.3. The molecule has 2 aromatic carbocycles. The summed E-state index contributed by atoms with van der Waals surface area (Å²) in [7, 11) is 0. The van der Waals surface area contributed by atoms with Crippen molar-refractivity contribution in [3.8, 4) is 16.9 Å². The summed E-state index contributed by atoms with van der Waals surface area (Å²) in [6, 6.07) is 19.8. The molecule has 0 aliphatic heterocycles. The van der Waals surface area contributed by atoms with Crippen molar-refractivity contribution in [1.29, 1.82) is 0 Å². The topological polar surface area (TPSA) is 30.7 Å². The number of aromatic nitrogens is 1. The van der Waals surface area contributed by atoms with Crippen LogP contribution in [0.1, 0.15) is 27.2 Å². The van der Waals surface area contributed by atoms with E-state index >= 15 is 0 Å². The molecular weight excluding hydrogens is 370 g/mol. The summed E-state index contributed by atoms with van der Waals surface area (Å²) in [5.41, 5.74) is 6.33. The Morgan fingerprint density at radius 1 is 1.00 bits per heavy atom. The predicted molar refractivity (Wildman–Crippen MR) is 113 cm³/mol. The van der Waals surface area contributed by atoms with Gasteiger partial charge in [-0.2, -0.15) is 0 Å². The lowest BCUT2D eigenvalue weighted by atomic mass is 10.0. The van der Waals surface area contributed by atoms with E-state index in [1.165, 1.54) is 0 Å². The number of halogens is 1. The second-order valence-corrected chi connectivity index (χ2v) is 7.37. The molecule has 0 N–H and O–H groups in total. The van der Waals surface area contributed by atoms with Crippen molar-refractivity contribution in [2.45, 2.75) is 20.5 Å². The Hall–Kier alpha value is -3.04. The van der Waals surface area contributed by atoms with Crippen LogP contribution in [0.4, 0.5) is 0 Å². The van der Waals surface area contributed by atoms with Crippen molar-refractivity contribution < 1.29 is 9.53 Å². The second kappa shape index (κ2) is 7.53. The number of nitrogens with zero attached hydrogens (tertiary/aromatic N) is 1. The highest BCUT2D eigenvalue weighted by Gasteiger charge is 2.18. The van der Waals surface area contributed by atoms with Crippen LogP contribution in [0.15, 0.2) is 66.9 Å². The number of carbonyl (C=O) groups is 1.